The Hall–Kier alpha value is -2.64. The lowest BCUT2D eigenvalue weighted by molar-refractivity contribution is -0.385. The molecule has 8 nitrogen and oxygen atoms in total. The van der Waals surface area contributed by atoms with Gasteiger partial charge in [0.15, 0.2) is 0 Å². The molecule has 1 aromatic carbocycles. The highest BCUT2D eigenvalue weighted by molar-refractivity contribution is 6.06. The topological polar surface area (TPSA) is 123 Å². The Labute approximate surface area is 134 Å². The summed E-state index contributed by atoms with van der Waals surface area (Å²) in [6, 6.07) is 4.96. The maximum absolute atomic E-state index is 11.2. The fraction of sp³-hybridized carbons (Fsp3) is 0.467. The lowest BCUT2D eigenvalue weighted by Gasteiger charge is -2.46. The van der Waals surface area contributed by atoms with Gasteiger partial charge in [-0.1, -0.05) is 12.5 Å². The molecule has 122 valence electrons. The molecule has 0 amide bonds. The van der Waals surface area contributed by atoms with Crippen LogP contribution in [0.4, 0.5) is 11.4 Å². The monoisotopic (exact) mass is 316 g/mol. The van der Waals surface area contributed by atoms with Crippen molar-refractivity contribution < 1.29 is 4.92 Å². The first-order valence-electron chi connectivity index (χ1n) is 7.68. The molecule has 1 aliphatic carbocycles. The quantitative estimate of drug-likeness (QED) is 0.638. The summed E-state index contributed by atoms with van der Waals surface area (Å²) in [5.41, 5.74) is 12.7. The number of anilines is 1. The second-order valence-corrected chi connectivity index (χ2v) is 6.00. The molecule has 0 unspecified atom stereocenters. The van der Waals surface area contributed by atoms with Crippen molar-refractivity contribution in [3.63, 3.8) is 0 Å². The van der Waals surface area contributed by atoms with E-state index >= 15 is 0 Å². The first kappa shape index (κ1) is 15.3. The van der Waals surface area contributed by atoms with E-state index in [0.717, 1.165) is 32.1 Å². The SMILES string of the molecule is Cc1c(N2C(N)=NC(N)=NC23CCCCC3)cccc1[N+](=O)[O-]. The van der Waals surface area contributed by atoms with Gasteiger partial charge < -0.3 is 11.5 Å². The normalized spacial score (nSPS) is 20.1. The number of benzene rings is 1. The van der Waals surface area contributed by atoms with Gasteiger partial charge in [0.2, 0.25) is 11.9 Å². The minimum Gasteiger partial charge on any atom is -0.369 e. The van der Waals surface area contributed by atoms with Crippen LogP contribution in [-0.2, 0) is 0 Å². The number of nitro benzene ring substituents is 1. The third-order valence-corrected chi connectivity index (χ3v) is 4.57. The minimum atomic E-state index is -0.589. The van der Waals surface area contributed by atoms with Gasteiger partial charge in [-0.25, -0.2) is 4.99 Å². The molecule has 1 heterocycles. The van der Waals surface area contributed by atoms with Crippen LogP contribution < -0.4 is 16.4 Å². The summed E-state index contributed by atoms with van der Waals surface area (Å²) in [4.78, 5) is 21.3. The van der Waals surface area contributed by atoms with E-state index < -0.39 is 5.66 Å². The summed E-state index contributed by atoms with van der Waals surface area (Å²) < 4.78 is 0. The highest BCUT2D eigenvalue weighted by Gasteiger charge is 2.43. The summed E-state index contributed by atoms with van der Waals surface area (Å²) in [6.07, 6.45) is 4.75. The second-order valence-electron chi connectivity index (χ2n) is 6.00. The largest absolute Gasteiger partial charge is 0.369 e. The molecule has 0 saturated heterocycles. The van der Waals surface area contributed by atoms with Gasteiger partial charge in [0.25, 0.3) is 5.69 Å². The molecule has 1 spiro atoms. The molecule has 23 heavy (non-hydrogen) atoms. The van der Waals surface area contributed by atoms with E-state index in [2.05, 4.69) is 9.98 Å². The van der Waals surface area contributed by atoms with Crippen LogP contribution >= 0.6 is 0 Å². The van der Waals surface area contributed by atoms with Crippen molar-refractivity contribution in [3.05, 3.63) is 33.9 Å². The third kappa shape index (κ3) is 2.49. The van der Waals surface area contributed by atoms with E-state index in [1.165, 1.54) is 6.07 Å². The molecule has 0 atom stereocenters. The fourth-order valence-electron chi connectivity index (χ4n) is 3.52. The van der Waals surface area contributed by atoms with Gasteiger partial charge in [-0.15, -0.1) is 0 Å². The van der Waals surface area contributed by atoms with Crippen molar-refractivity contribution in [2.24, 2.45) is 21.5 Å². The van der Waals surface area contributed by atoms with Crippen LogP contribution in [0.2, 0.25) is 0 Å². The number of rotatable bonds is 2. The zero-order valence-electron chi connectivity index (χ0n) is 13.0. The van der Waals surface area contributed by atoms with E-state index in [1.54, 1.807) is 13.0 Å². The lowest BCUT2D eigenvalue weighted by Crippen LogP contribution is -2.58. The van der Waals surface area contributed by atoms with E-state index in [4.69, 9.17) is 11.5 Å². The molecule has 1 saturated carbocycles. The first-order chi connectivity index (χ1) is 10.9. The standard InChI is InChI=1S/C15H20N6O2/c1-10-11(6-5-7-12(10)21(22)23)20-14(17)18-13(16)19-15(20)8-3-2-4-9-15/h5-7H,2-4,8-9H2,1H3,(H4,16,17,18,19). The summed E-state index contributed by atoms with van der Waals surface area (Å²) in [6.45, 7) is 1.72. The van der Waals surface area contributed by atoms with Crippen LogP contribution in [0.25, 0.3) is 0 Å². The van der Waals surface area contributed by atoms with Crippen LogP contribution in [0.15, 0.2) is 28.2 Å². The summed E-state index contributed by atoms with van der Waals surface area (Å²) in [7, 11) is 0. The van der Waals surface area contributed by atoms with Gasteiger partial charge in [0.05, 0.1) is 16.2 Å². The van der Waals surface area contributed by atoms with Gasteiger partial charge in [-0.05, 0) is 38.7 Å². The Morgan fingerprint density at radius 2 is 1.96 bits per heavy atom. The third-order valence-electron chi connectivity index (χ3n) is 4.57. The maximum atomic E-state index is 11.2. The number of guanidine groups is 2. The minimum absolute atomic E-state index is 0.0591. The van der Waals surface area contributed by atoms with E-state index in [9.17, 15) is 10.1 Å². The summed E-state index contributed by atoms with van der Waals surface area (Å²) in [5, 5.41) is 11.2. The molecule has 0 radical (unpaired) electrons. The Morgan fingerprint density at radius 1 is 1.26 bits per heavy atom. The number of nitro groups is 1. The van der Waals surface area contributed by atoms with Gasteiger partial charge in [0.1, 0.15) is 5.66 Å². The molecule has 2 aliphatic rings. The van der Waals surface area contributed by atoms with E-state index in [0.29, 0.717) is 11.3 Å². The van der Waals surface area contributed by atoms with Crippen molar-refractivity contribution in [1.82, 2.24) is 0 Å². The zero-order valence-corrected chi connectivity index (χ0v) is 13.0. The molecule has 8 heteroatoms. The number of hydrogen-bond acceptors (Lipinski definition) is 7. The molecule has 4 N–H and O–H groups in total. The highest BCUT2D eigenvalue weighted by Crippen LogP contribution is 2.41. The Morgan fingerprint density at radius 3 is 2.61 bits per heavy atom. The average molecular weight is 316 g/mol. The molecule has 1 aromatic rings. The van der Waals surface area contributed by atoms with Gasteiger partial charge in [-0.3, -0.25) is 15.0 Å². The predicted molar refractivity (Wildman–Crippen MR) is 89.4 cm³/mol. The van der Waals surface area contributed by atoms with E-state index in [-0.39, 0.29) is 22.5 Å². The van der Waals surface area contributed by atoms with Crippen LogP contribution in [-0.4, -0.2) is 22.5 Å². The van der Waals surface area contributed by atoms with Crippen LogP contribution in [0, 0.1) is 17.0 Å². The molecular formula is C15H20N6O2. The van der Waals surface area contributed by atoms with Gasteiger partial charge in [-0.2, -0.15) is 4.99 Å². The molecule has 1 fully saturated rings. The van der Waals surface area contributed by atoms with Crippen LogP contribution in [0.1, 0.15) is 37.7 Å². The maximum Gasteiger partial charge on any atom is 0.274 e. The number of hydrogen-bond donors (Lipinski definition) is 2. The molecule has 1 aliphatic heterocycles. The Balaban J connectivity index is 2.15. The van der Waals surface area contributed by atoms with Crippen molar-refractivity contribution in [1.29, 1.82) is 0 Å². The van der Waals surface area contributed by atoms with E-state index in [1.807, 2.05) is 11.0 Å². The van der Waals surface area contributed by atoms with Crippen LogP contribution in [0.5, 0.6) is 0 Å². The molecule has 0 bridgehead atoms. The van der Waals surface area contributed by atoms with Gasteiger partial charge in [0, 0.05) is 6.07 Å². The fourth-order valence-corrected chi connectivity index (χ4v) is 3.52. The zero-order chi connectivity index (χ0) is 16.6. The summed E-state index contributed by atoms with van der Waals surface area (Å²) >= 11 is 0. The first-order valence-corrected chi connectivity index (χ1v) is 7.68. The molecule has 0 aromatic heterocycles. The predicted octanol–water partition coefficient (Wildman–Crippen LogP) is 2.01. The van der Waals surface area contributed by atoms with Crippen LogP contribution in [0.3, 0.4) is 0 Å². The molecular weight excluding hydrogens is 296 g/mol. The lowest BCUT2D eigenvalue weighted by atomic mass is 9.87. The Bertz CT molecular complexity index is 706. The smallest absolute Gasteiger partial charge is 0.274 e. The molecule has 3 rings (SSSR count). The number of nitrogens with zero attached hydrogens (tertiary/aromatic N) is 4. The van der Waals surface area contributed by atoms with Crippen molar-refractivity contribution in [3.8, 4) is 0 Å². The second kappa shape index (κ2) is 5.53. The number of aliphatic imine (C=N–C) groups is 2. The number of nitrogens with two attached hydrogens (primary N) is 2. The average Bonchev–Trinajstić information content (AvgIpc) is 2.48. The van der Waals surface area contributed by atoms with Crippen molar-refractivity contribution in [2.75, 3.05) is 4.90 Å². The Kier molecular flexibility index (Phi) is 3.67. The highest BCUT2D eigenvalue weighted by atomic mass is 16.6. The van der Waals surface area contributed by atoms with Crippen molar-refractivity contribution >= 4 is 23.3 Å². The van der Waals surface area contributed by atoms with Crippen molar-refractivity contribution in [2.45, 2.75) is 44.7 Å². The summed E-state index contributed by atoms with van der Waals surface area (Å²) in [5.74, 6) is 0.409. The van der Waals surface area contributed by atoms with Gasteiger partial charge >= 0.3 is 0 Å².